The molecule has 2 aromatic rings. The molecule has 0 bridgehead atoms. The molecule has 0 atom stereocenters. The Morgan fingerprint density at radius 2 is 1.62 bits per heavy atom. The molecule has 3 rings (SSSR count). The number of fused-ring (bicyclic) bond motifs is 1. The molecule has 2 N–H and O–H groups in total. The van der Waals surface area contributed by atoms with E-state index in [-0.39, 0.29) is 28.4 Å². The second-order valence-corrected chi connectivity index (χ2v) is 8.30. The number of hydrazine groups is 1. The fourth-order valence-electron chi connectivity index (χ4n) is 3.28. The number of nitrogens with one attached hydrogen (secondary N) is 1. The number of nitrogens with zero attached hydrogens (tertiary/aromatic N) is 1. The zero-order chi connectivity index (χ0) is 23.6. The van der Waals surface area contributed by atoms with Crippen LogP contribution in [0, 0.1) is 6.92 Å². The third-order valence-electron chi connectivity index (χ3n) is 4.77. The number of phenols is 1. The van der Waals surface area contributed by atoms with Gasteiger partial charge < -0.3 is 24.1 Å². The number of hydrogen-bond donors (Lipinski definition) is 2. The first-order chi connectivity index (χ1) is 15.1. The molecule has 172 valence electrons. The predicted molar refractivity (Wildman–Crippen MR) is 117 cm³/mol. The van der Waals surface area contributed by atoms with E-state index in [0.29, 0.717) is 30.3 Å². The first-order valence-corrected chi connectivity index (χ1v) is 10.1. The van der Waals surface area contributed by atoms with Crippen LogP contribution in [0.25, 0.3) is 0 Å². The van der Waals surface area contributed by atoms with Crippen LogP contribution in [-0.4, -0.2) is 54.9 Å². The van der Waals surface area contributed by atoms with Gasteiger partial charge in [0.1, 0.15) is 13.2 Å². The molecule has 0 saturated heterocycles. The van der Waals surface area contributed by atoms with E-state index in [4.69, 9.17) is 18.9 Å². The molecule has 0 aliphatic carbocycles. The molecular formula is C23H28N2O7. The van der Waals surface area contributed by atoms with Gasteiger partial charge in [0.05, 0.1) is 14.2 Å². The van der Waals surface area contributed by atoms with Gasteiger partial charge in [0.2, 0.25) is 5.75 Å². The summed E-state index contributed by atoms with van der Waals surface area (Å²) in [4.78, 5) is 27.0. The average molecular weight is 444 g/mol. The second-order valence-electron chi connectivity index (χ2n) is 8.30. The quantitative estimate of drug-likeness (QED) is 0.535. The van der Waals surface area contributed by atoms with Gasteiger partial charge >= 0.3 is 0 Å². The number of carbonyl (C=O) groups excluding carboxylic acids is 2. The van der Waals surface area contributed by atoms with Crippen molar-refractivity contribution in [2.24, 2.45) is 0 Å². The van der Waals surface area contributed by atoms with E-state index in [9.17, 15) is 14.7 Å². The number of hydrogen-bond acceptors (Lipinski definition) is 8. The van der Waals surface area contributed by atoms with E-state index in [0.717, 1.165) is 5.01 Å². The number of ether oxygens (including phenoxy) is 4. The summed E-state index contributed by atoms with van der Waals surface area (Å²) in [5, 5.41) is 11.1. The van der Waals surface area contributed by atoms with Crippen molar-refractivity contribution in [2.45, 2.75) is 33.2 Å². The van der Waals surface area contributed by atoms with Crippen molar-refractivity contribution < 1.29 is 33.6 Å². The SMILES string of the molecule is COc1cc(C(=O)N(NC(C)(C)C)C(=O)c2ccc3c(c2C)OCCO3)cc(OC)c1O. The molecule has 0 fully saturated rings. The Morgan fingerprint density at radius 1 is 1.03 bits per heavy atom. The molecule has 2 amide bonds. The highest BCUT2D eigenvalue weighted by atomic mass is 16.6. The van der Waals surface area contributed by atoms with E-state index < -0.39 is 17.4 Å². The van der Waals surface area contributed by atoms with Crippen molar-refractivity contribution in [1.29, 1.82) is 0 Å². The third-order valence-corrected chi connectivity index (χ3v) is 4.77. The van der Waals surface area contributed by atoms with E-state index >= 15 is 0 Å². The Balaban J connectivity index is 2.06. The maximum atomic E-state index is 13.6. The molecule has 9 heteroatoms. The van der Waals surface area contributed by atoms with Crippen LogP contribution in [0.1, 0.15) is 47.1 Å². The van der Waals surface area contributed by atoms with Gasteiger partial charge in [-0.05, 0) is 52.0 Å². The van der Waals surface area contributed by atoms with Crippen molar-refractivity contribution in [1.82, 2.24) is 10.4 Å². The van der Waals surface area contributed by atoms with Crippen LogP contribution >= 0.6 is 0 Å². The van der Waals surface area contributed by atoms with Crippen LogP contribution in [0.2, 0.25) is 0 Å². The Hall–Kier alpha value is -3.46. The molecule has 0 spiro atoms. The van der Waals surface area contributed by atoms with Crippen molar-refractivity contribution in [2.75, 3.05) is 27.4 Å². The van der Waals surface area contributed by atoms with Gasteiger partial charge in [-0.25, -0.2) is 10.4 Å². The van der Waals surface area contributed by atoms with Crippen molar-refractivity contribution in [3.05, 3.63) is 41.0 Å². The van der Waals surface area contributed by atoms with Crippen LogP contribution in [0.4, 0.5) is 0 Å². The number of amides is 2. The van der Waals surface area contributed by atoms with Gasteiger partial charge in [-0.1, -0.05) is 0 Å². The van der Waals surface area contributed by atoms with Gasteiger partial charge in [0, 0.05) is 22.2 Å². The number of phenolic OH excluding ortho intramolecular Hbond substituents is 1. The summed E-state index contributed by atoms with van der Waals surface area (Å²) in [6, 6.07) is 5.96. The van der Waals surface area contributed by atoms with Crippen molar-refractivity contribution in [3.63, 3.8) is 0 Å². The minimum atomic E-state index is -0.643. The number of rotatable bonds is 5. The molecule has 1 heterocycles. The minimum absolute atomic E-state index is 0.0476. The highest BCUT2D eigenvalue weighted by Gasteiger charge is 2.32. The fraction of sp³-hybridized carbons (Fsp3) is 0.391. The third kappa shape index (κ3) is 4.57. The fourth-order valence-corrected chi connectivity index (χ4v) is 3.28. The van der Waals surface area contributed by atoms with Crippen LogP contribution in [0.15, 0.2) is 24.3 Å². The van der Waals surface area contributed by atoms with E-state index in [2.05, 4.69) is 5.43 Å². The van der Waals surface area contributed by atoms with E-state index in [1.54, 1.807) is 19.1 Å². The highest BCUT2D eigenvalue weighted by molar-refractivity contribution is 6.11. The van der Waals surface area contributed by atoms with Crippen molar-refractivity contribution >= 4 is 11.8 Å². The Labute approximate surface area is 186 Å². The van der Waals surface area contributed by atoms with E-state index in [1.807, 2.05) is 20.8 Å². The Kier molecular flexibility index (Phi) is 6.50. The molecule has 9 nitrogen and oxygen atoms in total. The molecule has 2 aromatic carbocycles. The minimum Gasteiger partial charge on any atom is -0.502 e. The predicted octanol–water partition coefficient (Wildman–Crippen LogP) is 3.07. The van der Waals surface area contributed by atoms with Crippen molar-refractivity contribution in [3.8, 4) is 28.7 Å². The van der Waals surface area contributed by atoms with Gasteiger partial charge in [-0.3, -0.25) is 9.59 Å². The number of methoxy groups -OCH3 is 2. The molecule has 1 aliphatic rings. The molecule has 0 unspecified atom stereocenters. The summed E-state index contributed by atoms with van der Waals surface area (Å²) < 4.78 is 21.6. The Morgan fingerprint density at radius 3 is 2.19 bits per heavy atom. The van der Waals surface area contributed by atoms with Crippen LogP contribution < -0.4 is 24.4 Å². The second kappa shape index (κ2) is 8.96. The van der Waals surface area contributed by atoms with Gasteiger partial charge in [0.15, 0.2) is 23.0 Å². The molecule has 0 saturated carbocycles. The monoisotopic (exact) mass is 444 g/mol. The number of imide groups is 1. The first kappa shape index (κ1) is 23.2. The zero-order valence-electron chi connectivity index (χ0n) is 19.1. The summed E-state index contributed by atoms with van der Waals surface area (Å²) >= 11 is 0. The van der Waals surface area contributed by atoms with Gasteiger partial charge in [0.25, 0.3) is 11.8 Å². The largest absolute Gasteiger partial charge is 0.502 e. The lowest BCUT2D eigenvalue weighted by Gasteiger charge is -2.31. The number of benzene rings is 2. The molecule has 0 aromatic heterocycles. The van der Waals surface area contributed by atoms with Gasteiger partial charge in [-0.15, -0.1) is 0 Å². The van der Waals surface area contributed by atoms with Crippen LogP contribution in [-0.2, 0) is 0 Å². The standard InChI is InChI=1S/C23H28N2O7/c1-13-15(7-8-16-20(13)32-10-9-31-16)22(28)25(24-23(2,3)4)21(27)14-11-17(29-5)19(26)18(12-14)30-6/h7-8,11-12,24,26H,9-10H2,1-6H3. The summed E-state index contributed by atoms with van der Waals surface area (Å²) in [6.07, 6.45) is 0. The highest BCUT2D eigenvalue weighted by Crippen LogP contribution is 2.38. The molecule has 1 aliphatic heterocycles. The topological polar surface area (TPSA) is 107 Å². The maximum absolute atomic E-state index is 13.6. The summed E-state index contributed by atoms with van der Waals surface area (Å²) in [5.41, 5.74) is 3.31. The molecule has 0 radical (unpaired) electrons. The smallest absolute Gasteiger partial charge is 0.275 e. The maximum Gasteiger partial charge on any atom is 0.275 e. The summed E-state index contributed by atoms with van der Waals surface area (Å²) in [6.45, 7) is 8.04. The lowest BCUT2D eigenvalue weighted by Crippen LogP contribution is -2.55. The lowest BCUT2D eigenvalue weighted by atomic mass is 10.0. The zero-order valence-corrected chi connectivity index (χ0v) is 19.1. The number of carbonyl (C=O) groups is 2. The van der Waals surface area contributed by atoms with Crippen LogP contribution in [0.5, 0.6) is 28.7 Å². The number of aromatic hydroxyl groups is 1. The van der Waals surface area contributed by atoms with Gasteiger partial charge in [-0.2, -0.15) is 0 Å². The van der Waals surface area contributed by atoms with E-state index in [1.165, 1.54) is 26.4 Å². The summed E-state index contributed by atoms with van der Waals surface area (Å²) in [5.74, 6) is -0.312. The average Bonchev–Trinajstić information content (AvgIpc) is 2.76. The normalized spacial score (nSPS) is 12.8. The Bertz CT molecular complexity index is 1020. The molecular weight excluding hydrogens is 416 g/mol. The lowest BCUT2D eigenvalue weighted by molar-refractivity contribution is 0.0450. The summed E-state index contributed by atoms with van der Waals surface area (Å²) in [7, 11) is 2.72. The molecule has 32 heavy (non-hydrogen) atoms. The van der Waals surface area contributed by atoms with Crippen LogP contribution in [0.3, 0.4) is 0 Å². The first-order valence-electron chi connectivity index (χ1n) is 10.1.